The maximum absolute atomic E-state index is 12.1. The Bertz CT molecular complexity index is 915. The Kier molecular flexibility index (Phi) is 5.45. The summed E-state index contributed by atoms with van der Waals surface area (Å²) >= 11 is 1.35. The third-order valence-corrected chi connectivity index (χ3v) is 4.32. The van der Waals surface area contributed by atoms with Crippen molar-refractivity contribution in [3.8, 4) is 5.75 Å². The number of carbonyl (C=O) groups excluding carboxylic acids is 1. The van der Waals surface area contributed by atoms with Crippen LogP contribution in [0, 0.1) is 0 Å². The Labute approximate surface area is 148 Å². The summed E-state index contributed by atoms with van der Waals surface area (Å²) in [6, 6.07) is 8.18. The Morgan fingerprint density at radius 1 is 1.28 bits per heavy atom. The molecule has 25 heavy (non-hydrogen) atoms. The highest BCUT2D eigenvalue weighted by Gasteiger charge is 2.10. The van der Waals surface area contributed by atoms with E-state index in [4.69, 9.17) is 9.47 Å². The molecule has 7 heteroatoms. The van der Waals surface area contributed by atoms with Gasteiger partial charge in [-0.05, 0) is 30.7 Å². The summed E-state index contributed by atoms with van der Waals surface area (Å²) in [6.45, 7) is 2.71. The number of thiazole rings is 1. The van der Waals surface area contributed by atoms with Crippen LogP contribution < -0.4 is 10.3 Å². The normalized spacial score (nSPS) is 10.8. The second kappa shape index (κ2) is 7.94. The van der Waals surface area contributed by atoms with Crippen molar-refractivity contribution in [2.75, 3.05) is 6.61 Å². The first-order valence-corrected chi connectivity index (χ1v) is 8.91. The standard InChI is InChI=1S/C18H18N2O4S/c1-2-3-9-23-15-6-4-13(5-7-15)17(22)24-12-14-11-16(21)20-8-10-25-18(20)19-14/h4-8,10-11H,2-3,9,12H2,1H3. The predicted molar refractivity (Wildman–Crippen MR) is 95.3 cm³/mol. The Hall–Kier alpha value is -2.67. The van der Waals surface area contributed by atoms with Crippen LogP contribution >= 0.6 is 11.3 Å². The van der Waals surface area contributed by atoms with E-state index in [1.807, 2.05) is 0 Å². The van der Waals surface area contributed by atoms with Crippen molar-refractivity contribution in [2.24, 2.45) is 0 Å². The van der Waals surface area contributed by atoms with Gasteiger partial charge in [-0.25, -0.2) is 9.78 Å². The lowest BCUT2D eigenvalue weighted by molar-refractivity contribution is 0.0467. The molecular weight excluding hydrogens is 340 g/mol. The molecule has 6 nitrogen and oxygen atoms in total. The average Bonchev–Trinajstić information content (AvgIpc) is 3.10. The summed E-state index contributed by atoms with van der Waals surface area (Å²) in [5, 5.41) is 1.78. The van der Waals surface area contributed by atoms with Crippen LogP contribution in [-0.4, -0.2) is 22.0 Å². The number of nitrogens with zero attached hydrogens (tertiary/aromatic N) is 2. The van der Waals surface area contributed by atoms with Crippen molar-refractivity contribution in [2.45, 2.75) is 26.4 Å². The van der Waals surface area contributed by atoms with Gasteiger partial charge in [0.05, 0.1) is 17.9 Å². The zero-order valence-corrected chi connectivity index (χ0v) is 14.6. The first-order valence-electron chi connectivity index (χ1n) is 8.03. The van der Waals surface area contributed by atoms with Crippen molar-refractivity contribution in [1.82, 2.24) is 9.38 Å². The lowest BCUT2D eigenvalue weighted by atomic mass is 10.2. The van der Waals surface area contributed by atoms with Gasteiger partial charge >= 0.3 is 5.97 Å². The molecule has 0 saturated heterocycles. The number of aromatic nitrogens is 2. The van der Waals surface area contributed by atoms with Crippen molar-refractivity contribution in [3.05, 3.63) is 63.5 Å². The van der Waals surface area contributed by atoms with E-state index < -0.39 is 5.97 Å². The Balaban J connectivity index is 1.60. The minimum atomic E-state index is -0.465. The summed E-state index contributed by atoms with van der Waals surface area (Å²) in [6.07, 6.45) is 3.72. The number of ether oxygens (including phenoxy) is 2. The molecule has 0 spiro atoms. The van der Waals surface area contributed by atoms with Crippen molar-refractivity contribution in [3.63, 3.8) is 0 Å². The van der Waals surface area contributed by atoms with Gasteiger partial charge in [0.2, 0.25) is 0 Å². The van der Waals surface area contributed by atoms with E-state index in [1.165, 1.54) is 21.8 Å². The molecular formula is C18H18N2O4S. The number of hydrogen-bond donors (Lipinski definition) is 0. The summed E-state index contributed by atoms with van der Waals surface area (Å²) in [7, 11) is 0. The molecule has 1 aromatic carbocycles. The SMILES string of the molecule is CCCCOc1ccc(C(=O)OCc2cc(=O)n3ccsc3n2)cc1. The largest absolute Gasteiger partial charge is 0.494 e. The molecule has 0 saturated carbocycles. The van der Waals surface area contributed by atoms with Gasteiger partial charge in [-0.3, -0.25) is 9.20 Å². The minimum Gasteiger partial charge on any atom is -0.494 e. The quantitative estimate of drug-likeness (QED) is 0.479. The molecule has 0 N–H and O–H groups in total. The van der Waals surface area contributed by atoms with Gasteiger partial charge in [0.15, 0.2) is 4.96 Å². The topological polar surface area (TPSA) is 69.9 Å². The predicted octanol–water partition coefficient (Wildman–Crippen LogP) is 3.29. The summed E-state index contributed by atoms with van der Waals surface area (Å²) in [4.78, 5) is 28.9. The molecule has 0 fully saturated rings. The molecule has 0 amide bonds. The number of fused-ring (bicyclic) bond motifs is 1. The van der Waals surface area contributed by atoms with E-state index in [9.17, 15) is 9.59 Å². The highest BCUT2D eigenvalue weighted by atomic mass is 32.1. The van der Waals surface area contributed by atoms with Gasteiger partial charge in [0, 0.05) is 17.6 Å². The molecule has 3 rings (SSSR count). The van der Waals surface area contributed by atoms with Gasteiger partial charge in [-0.2, -0.15) is 0 Å². The highest BCUT2D eigenvalue weighted by Crippen LogP contribution is 2.14. The van der Waals surface area contributed by atoms with Crippen LogP contribution in [0.1, 0.15) is 35.8 Å². The molecule has 0 bridgehead atoms. The lowest BCUT2D eigenvalue weighted by Crippen LogP contribution is -2.14. The lowest BCUT2D eigenvalue weighted by Gasteiger charge is -2.07. The fraction of sp³-hybridized carbons (Fsp3) is 0.278. The Morgan fingerprint density at radius 3 is 2.84 bits per heavy atom. The second-order valence-electron chi connectivity index (χ2n) is 5.44. The van der Waals surface area contributed by atoms with E-state index >= 15 is 0 Å². The minimum absolute atomic E-state index is 0.0444. The highest BCUT2D eigenvalue weighted by molar-refractivity contribution is 7.15. The van der Waals surface area contributed by atoms with Crippen LogP contribution in [0.2, 0.25) is 0 Å². The average molecular weight is 358 g/mol. The van der Waals surface area contributed by atoms with E-state index in [1.54, 1.807) is 35.8 Å². The monoisotopic (exact) mass is 358 g/mol. The van der Waals surface area contributed by atoms with Crippen molar-refractivity contribution in [1.29, 1.82) is 0 Å². The van der Waals surface area contributed by atoms with Gasteiger partial charge in [0.25, 0.3) is 5.56 Å². The van der Waals surface area contributed by atoms with Crippen molar-refractivity contribution < 1.29 is 14.3 Å². The molecule has 2 heterocycles. The van der Waals surface area contributed by atoms with Crippen LogP contribution in [0.25, 0.3) is 4.96 Å². The fourth-order valence-electron chi connectivity index (χ4n) is 2.21. The molecule has 0 atom stereocenters. The van der Waals surface area contributed by atoms with Crippen molar-refractivity contribution >= 4 is 22.3 Å². The van der Waals surface area contributed by atoms with Crippen LogP contribution in [0.15, 0.2) is 46.7 Å². The third-order valence-electron chi connectivity index (χ3n) is 3.56. The summed E-state index contributed by atoms with van der Waals surface area (Å²) in [5.74, 6) is 0.260. The molecule has 0 aliphatic rings. The van der Waals surface area contributed by atoms with Gasteiger partial charge in [-0.15, -0.1) is 11.3 Å². The first-order chi connectivity index (χ1) is 12.2. The Morgan fingerprint density at radius 2 is 2.08 bits per heavy atom. The molecule has 130 valence electrons. The number of unbranched alkanes of at least 4 members (excludes halogenated alkanes) is 1. The third kappa shape index (κ3) is 4.24. The van der Waals surface area contributed by atoms with E-state index in [0.717, 1.165) is 18.6 Å². The van der Waals surface area contributed by atoms with Crippen LogP contribution in [0.5, 0.6) is 5.75 Å². The van der Waals surface area contributed by atoms with E-state index in [-0.39, 0.29) is 12.2 Å². The molecule has 2 aromatic heterocycles. The van der Waals surface area contributed by atoms with Gasteiger partial charge in [-0.1, -0.05) is 13.3 Å². The molecule has 0 unspecified atom stereocenters. The second-order valence-corrected chi connectivity index (χ2v) is 6.32. The zero-order valence-electron chi connectivity index (χ0n) is 13.8. The maximum Gasteiger partial charge on any atom is 0.338 e. The number of benzene rings is 1. The molecule has 3 aromatic rings. The summed E-state index contributed by atoms with van der Waals surface area (Å²) in [5.41, 5.74) is 0.669. The van der Waals surface area contributed by atoms with Crippen LogP contribution in [0.3, 0.4) is 0 Å². The summed E-state index contributed by atoms with van der Waals surface area (Å²) < 4.78 is 12.3. The first kappa shape index (κ1) is 17.2. The number of hydrogen-bond acceptors (Lipinski definition) is 6. The number of esters is 1. The fourth-order valence-corrected chi connectivity index (χ4v) is 2.94. The molecule has 0 aliphatic carbocycles. The number of carbonyl (C=O) groups is 1. The molecule has 0 aliphatic heterocycles. The smallest absolute Gasteiger partial charge is 0.338 e. The van der Waals surface area contributed by atoms with E-state index in [0.29, 0.717) is 22.8 Å². The zero-order chi connectivity index (χ0) is 17.6. The molecule has 0 radical (unpaired) electrons. The van der Waals surface area contributed by atoms with Gasteiger partial charge in [0.1, 0.15) is 12.4 Å². The van der Waals surface area contributed by atoms with Gasteiger partial charge < -0.3 is 9.47 Å². The maximum atomic E-state index is 12.1. The number of rotatable bonds is 7. The van der Waals surface area contributed by atoms with Crippen LogP contribution in [0.4, 0.5) is 0 Å². The van der Waals surface area contributed by atoms with Crippen LogP contribution in [-0.2, 0) is 11.3 Å². The van der Waals surface area contributed by atoms with E-state index in [2.05, 4.69) is 11.9 Å².